The minimum Gasteiger partial charge on any atom is -0.497 e. The van der Waals surface area contributed by atoms with Gasteiger partial charge in [0.05, 0.1) is 12.1 Å². The van der Waals surface area contributed by atoms with E-state index in [4.69, 9.17) is 44.9 Å². The first-order chi connectivity index (χ1) is 14.0. The molecular weight excluding hydrogens is 425 g/mol. The van der Waals surface area contributed by atoms with Gasteiger partial charge in [0.25, 0.3) is 0 Å². The quantitative estimate of drug-likeness (QED) is 0.425. The second-order valence-corrected chi connectivity index (χ2v) is 7.67. The van der Waals surface area contributed by atoms with Crippen molar-refractivity contribution < 1.29 is 9.47 Å². The van der Waals surface area contributed by atoms with E-state index in [-0.39, 0.29) is 0 Å². The Bertz CT molecular complexity index is 960. The summed E-state index contributed by atoms with van der Waals surface area (Å²) in [6, 6.07) is 21.1. The lowest BCUT2D eigenvalue weighted by molar-refractivity contribution is 0.306. The van der Waals surface area contributed by atoms with Gasteiger partial charge in [-0.1, -0.05) is 59.7 Å². The summed E-state index contributed by atoms with van der Waals surface area (Å²) < 4.78 is 11.0. The molecular formula is C23H21Cl2NO2S. The molecule has 3 rings (SSSR count). The Kier molecular flexibility index (Phi) is 7.76. The van der Waals surface area contributed by atoms with E-state index in [2.05, 4.69) is 5.32 Å². The first kappa shape index (κ1) is 21.4. The van der Waals surface area contributed by atoms with Crippen LogP contribution in [-0.4, -0.2) is 18.6 Å². The highest BCUT2D eigenvalue weighted by Gasteiger charge is 2.07. The van der Waals surface area contributed by atoms with Crippen LogP contribution in [-0.2, 0) is 13.0 Å². The zero-order valence-electron chi connectivity index (χ0n) is 16.0. The maximum Gasteiger partial charge on any atom is 0.138 e. The molecule has 150 valence electrons. The number of halogens is 2. The Morgan fingerprint density at radius 1 is 0.931 bits per heavy atom. The summed E-state index contributed by atoms with van der Waals surface area (Å²) in [6.45, 7) is 1.15. The van der Waals surface area contributed by atoms with Crippen LogP contribution in [0, 0.1) is 0 Å². The van der Waals surface area contributed by atoms with Crippen molar-refractivity contribution in [2.45, 2.75) is 13.0 Å². The zero-order chi connectivity index (χ0) is 20.6. The minimum absolute atomic E-state index is 0.417. The van der Waals surface area contributed by atoms with Crippen molar-refractivity contribution in [3.63, 3.8) is 0 Å². The Labute approximate surface area is 186 Å². The SMILES string of the molecule is COc1ccc(CCNC(=S)c2ccc(OCc3ccc(Cl)cc3)c(Cl)c2)cc1. The Morgan fingerprint density at radius 2 is 1.62 bits per heavy atom. The second-order valence-electron chi connectivity index (χ2n) is 6.41. The molecule has 0 heterocycles. The summed E-state index contributed by atoms with van der Waals surface area (Å²) in [5.74, 6) is 1.47. The average Bonchev–Trinajstić information content (AvgIpc) is 2.74. The summed E-state index contributed by atoms with van der Waals surface area (Å²) in [5, 5.41) is 4.50. The summed E-state index contributed by atoms with van der Waals surface area (Å²) in [4.78, 5) is 0.657. The lowest BCUT2D eigenvalue weighted by Gasteiger charge is -2.12. The van der Waals surface area contributed by atoms with Crippen molar-refractivity contribution in [2.24, 2.45) is 0 Å². The van der Waals surface area contributed by atoms with Gasteiger partial charge in [-0.2, -0.15) is 0 Å². The summed E-state index contributed by atoms with van der Waals surface area (Å²) >= 11 is 17.8. The fourth-order valence-corrected chi connectivity index (χ4v) is 3.31. The molecule has 3 aromatic carbocycles. The molecule has 0 aliphatic carbocycles. The van der Waals surface area contributed by atoms with Crippen LogP contribution >= 0.6 is 35.4 Å². The molecule has 0 atom stereocenters. The highest BCUT2D eigenvalue weighted by molar-refractivity contribution is 7.80. The van der Waals surface area contributed by atoms with Gasteiger partial charge in [-0.3, -0.25) is 0 Å². The Morgan fingerprint density at radius 3 is 2.28 bits per heavy atom. The fraction of sp³-hybridized carbons (Fsp3) is 0.174. The summed E-state index contributed by atoms with van der Waals surface area (Å²) in [7, 11) is 1.66. The highest BCUT2D eigenvalue weighted by atomic mass is 35.5. The van der Waals surface area contributed by atoms with Crippen molar-refractivity contribution in [1.82, 2.24) is 5.32 Å². The molecule has 3 aromatic rings. The Balaban J connectivity index is 1.51. The lowest BCUT2D eigenvalue weighted by atomic mass is 10.1. The smallest absolute Gasteiger partial charge is 0.138 e. The molecule has 0 aliphatic heterocycles. The standard InChI is InChI=1S/C23H21Cl2NO2S/c1-27-20-9-4-16(5-10-20)12-13-26-23(29)18-6-11-22(21(25)14-18)28-15-17-2-7-19(24)8-3-17/h2-11,14H,12-13,15H2,1H3,(H,26,29). The number of benzene rings is 3. The van der Waals surface area contributed by atoms with Crippen LogP contribution in [0.2, 0.25) is 10.0 Å². The van der Waals surface area contributed by atoms with Crippen LogP contribution in [0.15, 0.2) is 66.7 Å². The average molecular weight is 446 g/mol. The van der Waals surface area contributed by atoms with Crippen LogP contribution in [0.5, 0.6) is 11.5 Å². The third-order valence-electron chi connectivity index (χ3n) is 4.36. The number of thiocarbonyl (C=S) groups is 1. The topological polar surface area (TPSA) is 30.5 Å². The zero-order valence-corrected chi connectivity index (χ0v) is 18.3. The van der Waals surface area contributed by atoms with Gasteiger partial charge in [0.1, 0.15) is 23.1 Å². The van der Waals surface area contributed by atoms with E-state index in [1.165, 1.54) is 5.56 Å². The predicted molar refractivity (Wildman–Crippen MR) is 124 cm³/mol. The number of methoxy groups -OCH3 is 1. The molecule has 29 heavy (non-hydrogen) atoms. The van der Waals surface area contributed by atoms with Gasteiger partial charge < -0.3 is 14.8 Å². The number of hydrogen-bond donors (Lipinski definition) is 1. The van der Waals surface area contributed by atoms with Crippen molar-refractivity contribution in [3.05, 3.63) is 93.5 Å². The molecule has 0 aromatic heterocycles. The minimum atomic E-state index is 0.417. The molecule has 0 saturated heterocycles. The molecule has 0 radical (unpaired) electrons. The van der Waals surface area contributed by atoms with Gasteiger partial charge in [-0.05, 0) is 60.0 Å². The Hall–Kier alpha value is -2.27. The van der Waals surface area contributed by atoms with Crippen LogP contribution in [0.4, 0.5) is 0 Å². The fourth-order valence-electron chi connectivity index (χ4n) is 2.72. The largest absolute Gasteiger partial charge is 0.497 e. The van der Waals surface area contributed by atoms with Crippen LogP contribution in [0.3, 0.4) is 0 Å². The van der Waals surface area contributed by atoms with Crippen molar-refractivity contribution in [2.75, 3.05) is 13.7 Å². The number of ether oxygens (including phenoxy) is 2. The van der Waals surface area contributed by atoms with Gasteiger partial charge in [-0.25, -0.2) is 0 Å². The molecule has 0 aliphatic rings. The van der Waals surface area contributed by atoms with Gasteiger partial charge in [-0.15, -0.1) is 0 Å². The third kappa shape index (κ3) is 6.36. The van der Waals surface area contributed by atoms with Crippen LogP contribution in [0.25, 0.3) is 0 Å². The molecule has 0 bridgehead atoms. The first-order valence-corrected chi connectivity index (χ1v) is 10.3. The normalized spacial score (nSPS) is 10.4. The van der Waals surface area contributed by atoms with Gasteiger partial charge in [0.15, 0.2) is 0 Å². The van der Waals surface area contributed by atoms with E-state index in [0.29, 0.717) is 27.4 Å². The monoisotopic (exact) mass is 445 g/mol. The predicted octanol–water partition coefficient (Wildman–Crippen LogP) is 6.09. The van der Waals surface area contributed by atoms with E-state index >= 15 is 0 Å². The summed E-state index contributed by atoms with van der Waals surface area (Å²) in [5.41, 5.74) is 3.09. The molecule has 3 nitrogen and oxygen atoms in total. The van der Waals surface area contributed by atoms with E-state index in [1.54, 1.807) is 7.11 Å². The van der Waals surface area contributed by atoms with Gasteiger partial charge in [0.2, 0.25) is 0 Å². The van der Waals surface area contributed by atoms with Crippen LogP contribution < -0.4 is 14.8 Å². The first-order valence-electron chi connectivity index (χ1n) is 9.13. The number of rotatable bonds is 8. The second kappa shape index (κ2) is 10.5. The van der Waals surface area contributed by atoms with E-state index < -0.39 is 0 Å². The van der Waals surface area contributed by atoms with Crippen molar-refractivity contribution in [3.8, 4) is 11.5 Å². The molecule has 0 amide bonds. The van der Waals surface area contributed by atoms with Crippen LogP contribution in [0.1, 0.15) is 16.7 Å². The molecule has 0 spiro atoms. The molecule has 0 unspecified atom stereocenters. The van der Waals surface area contributed by atoms with E-state index in [0.717, 1.165) is 29.8 Å². The van der Waals surface area contributed by atoms with E-state index in [1.807, 2.05) is 66.7 Å². The maximum atomic E-state index is 6.38. The molecule has 0 fully saturated rings. The number of nitrogens with one attached hydrogen (secondary N) is 1. The number of hydrogen-bond acceptors (Lipinski definition) is 3. The highest BCUT2D eigenvalue weighted by Crippen LogP contribution is 2.26. The maximum absolute atomic E-state index is 6.38. The van der Waals surface area contributed by atoms with Gasteiger partial charge in [0, 0.05) is 17.1 Å². The van der Waals surface area contributed by atoms with Crippen molar-refractivity contribution in [1.29, 1.82) is 0 Å². The molecule has 0 saturated carbocycles. The third-order valence-corrected chi connectivity index (χ3v) is 5.29. The molecule has 6 heteroatoms. The van der Waals surface area contributed by atoms with E-state index in [9.17, 15) is 0 Å². The van der Waals surface area contributed by atoms with Crippen molar-refractivity contribution >= 4 is 40.4 Å². The van der Waals surface area contributed by atoms with Gasteiger partial charge >= 0.3 is 0 Å². The lowest BCUT2D eigenvalue weighted by Crippen LogP contribution is -2.24. The molecule has 1 N–H and O–H groups in total. The summed E-state index contributed by atoms with van der Waals surface area (Å²) in [6.07, 6.45) is 0.861.